The Bertz CT molecular complexity index is 1270. The molecule has 0 saturated heterocycles. The van der Waals surface area contributed by atoms with Crippen LogP contribution in [0.25, 0.3) is 11.1 Å². The second-order valence-corrected chi connectivity index (χ2v) is 9.54. The van der Waals surface area contributed by atoms with Crippen LogP contribution in [0.1, 0.15) is 36.0 Å². The molecule has 3 rings (SSSR count). The maximum Gasteiger partial charge on any atom is 0.330 e. The van der Waals surface area contributed by atoms with E-state index in [0.717, 1.165) is 46.5 Å². The first-order chi connectivity index (χ1) is 19.5. The third-order valence-corrected chi connectivity index (χ3v) is 6.50. The summed E-state index contributed by atoms with van der Waals surface area (Å²) in [4.78, 5) is 35.9. The van der Waals surface area contributed by atoms with Crippen LogP contribution in [0.4, 0.5) is 0 Å². The Hall–Kier alpha value is -4.30. The van der Waals surface area contributed by atoms with E-state index in [1.165, 1.54) is 0 Å². The maximum atomic E-state index is 12.8. The van der Waals surface area contributed by atoms with Gasteiger partial charge in [-0.1, -0.05) is 37.4 Å². The third kappa shape index (κ3) is 10.5. The zero-order valence-corrected chi connectivity index (χ0v) is 23.0. The summed E-state index contributed by atoms with van der Waals surface area (Å²) in [5, 5.41) is -0.0463. The first kappa shape index (κ1) is 30.2. The average molecular weight is 561 g/mol. The number of hydrogen-bond acceptors (Lipinski definition) is 8. The quantitative estimate of drug-likeness (QED) is 0.0607. The average Bonchev–Trinajstić information content (AvgIpc) is 2.98. The van der Waals surface area contributed by atoms with E-state index in [4.69, 9.17) is 14.2 Å². The molecule has 208 valence electrons. The molecule has 0 fully saturated rings. The van der Waals surface area contributed by atoms with Crippen LogP contribution in [0.15, 0.2) is 103 Å². The van der Waals surface area contributed by atoms with E-state index in [2.05, 4.69) is 17.9 Å². The lowest BCUT2D eigenvalue weighted by molar-refractivity contribution is -0.139. The van der Waals surface area contributed by atoms with Crippen LogP contribution in [0, 0.1) is 0 Å². The smallest absolute Gasteiger partial charge is 0.330 e. The molecule has 0 bridgehead atoms. The van der Waals surface area contributed by atoms with Gasteiger partial charge in [0.05, 0.1) is 26.1 Å². The van der Waals surface area contributed by atoms with E-state index >= 15 is 0 Å². The largest absolute Gasteiger partial charge is 0.494 e. The lowest BCUT2D eigenvalue weighted by Gasteiger charge is -2.08. The van der Waals surface area contributed by atoms with E-state index in [1.54, 1.807) is 0 Å². The molecule has 0 radical (unpaired) electrons. The predicted molar refractivity (Wildman–Crippen MR) is 155 cm³/mol. The van der Waals surface area contributed by atoms with Crippen LogP contribution in [0.3, 0.4) is 0 Å². The van der Waals surface area contributed by atoms with E-state index in [9.17, 15) is 14.4 Å². The van der Waals surface area contributed by atoms with E-state index in [0.29, 0.717) is 49.7 Å². The minimum absolute atomic E-state index is 0.0463. The van der Waals surface area contributed by atoms with Crippen LogP contribution in [-0.2, 0) is 19.1 Å². The topological polar surface area (TPSA) is 88.1 Å². The molecule has 0 aliphatic heterocycles. The molecule has 0 aliphatic carbocycles. The molecular weight excluding hydrogens is 528 g/mol. The first-order valence-corrected chi connectivity index (χ1v) is 13.7. The van der Waals surface area contributed by atoms with Gasteiger partial charge in [0, 0.05) is 23.0 Å². The van der Waals surface area contributed by atoms with Gasteiger partial charge in [-0.3, -0.25) is 9.59 Å². The van der Waals surface area contributed by atoms with Crippen molar-refractivity contribution in [2.75, 3.05) is 19.8 Å². The van der Waals surface area contributed by atoms with Crippen molar-refractivity contribution >= 4 is 28.8 Å². The van der Waals surface area contributed by atoms with Crippen molar-refractivity contribution in [3.63, 3.8) is 0 Å². The Labute approximate surface area is 238 Å². The molecule has 0 aromatic heterocycles. The fourth-order valence-corrected chi connectivity index (χ4v) is 4.24. The lowest BCUT2D eigenvalue weighted by atomic mass is 10.0. The Balaban J connectivity index is 1.41. The molecule has 0 heterocycles. The minimum atomic E-state index is -0.421. The molecule has 0 spiro atoms. The van der Waals surface area contributed by atoms with Crippen molar-refractivity contribution in [3.8, 4) is 22.6 Å². The lowest BCUT2D eigenvalue weighted by Crippen LogP contribution is -2.04. The molecule has 3 aromatic carbocycles. The summed E-state index contributed by atoms with van der Waals surface area (Å²) in [6, 6.07) is 22.5. The van der Waals surface area contributed by atoms with Gasteiger partial charge in [-0.05, 0) is 90.7 Å². The second kappa shape index (κ2) is 16.6. The summed E-state index contributed by atoms with van der Waals surface area (Å²) < 4.78 is 21.0. The standard InChI is InChI=1S/C32H32O7S/c1-3-30(33)39-22-6-5-21-37-28-17-19-29(20-18-28)40-32(35)26-11-9-24(10-12-26)25-13-15-27(16-14-25)38-23-7-8-31(34)36-4-2/h3-4,9-20H,1-2,5-8,21-23H2. The number of rotatable bonds is 16. The number of esters is 2. The number of carbonyl (C=O) groups is 3. The number of ether oxygens (including phenoxy) is 4. The van der Waals surface area contributed by atoms with E-state index in [1.807, 2.05) is 72.8 Å². The van der Waals surface area contributed by atoms with Gasteiger partial charge >= 0.3 is 11.9 Å². The van der Waals surface area contributed by atoms with Gasteiger partial charge in [-0.15, -0.1) is 0 Å². The Kier molecular flexibility index (Phi) is 12.6. The number of hydrogen-bond donors (Lipinski definition) is 0. The summed E-state index contributed by atoms with van der Waals surface area (Å²) in [6.45, 7) is 7.97. The third-order valence-electron chi connectivity index (χ3n) is 5.57. The number of unbranched alkanes of at least 4 members (excludes halogenated alkanes) is 1. The highest BCUT2D eigenvalue weighted by Crippen LogP contribution is 2.27. The Morgan fingerprint density at radius 1 is 0.700 bits per heavy atom. The van der Waals surface area contributed by atoms with Crippen molar-refractivity contribution in [1.82, 2.24) is 0 Å². The van der Waals surface area contributed by atoms with Crippen LogP contribution in [-0.4, -0.2) is 36.9 Å². The number of thioether (sulfide) groups is 1. The first-order valence-electron chi connectivity index (χ1n) is 12.9. The SMILES string of the molecule is C=COC(=O)CCCOc1ccc(-c2ccc(C(=O)Sc3ccc(OCCCCOC(=O)C=C)cc3)cc2)cc1. The molecular formula is C32H32O7S. The summed E-state index contributed by atoms with van der Waals surface area (Å²) >= 11 is 1.16. The maximum absolute atomic E-state index is 12.8. The van der Waals surface area contributed by atoms with Crippen LogP contribution >= 0.6 is 11.8 Å². The fraction of sp³-hybridized carbons (Fsp3) is 0.219. The van der Waals surface area contributed by atoms with Gasteiger partial charge in [0.15, 0.2) is 0 Å². The van der Waals surface area contributed by atoms with Crippen molar-refractivity contribution in [3.05, 3.63) is 104 Å². The van der Waals surface area contributed by atoms with Gasteiger partial charge in [-0.25, -0.2) is 4.79 Å². The van der Waals surface area contributed by atoms with Gasteiger partial charge in [-0.2, -0.15) is 0 Å². The molecule has 0 saturated carbocycles. The van der Waals surface area contributed by atoms with E-state index in [-0.39, 0.29) is 17.5 Å². The monoisotopic (exact) mass is 560 g/mol. The minimum Gasteiger partial charge on any atom is -0.494 e. The van der Waals surface area contributed by atoms with Crippen molar-refractivity contribution in [2.45, 2.75) is 30.6 Å². The zero-order chi connectivity index (χ0) is 28.6. The van der Waals surface area contributed by atoms with Crippen LogP contribution in [0.2, 0.25) is 0 Å². The van der Waals surface area contributed by atoms with Crippen molar-refractivity contribution < 1.29 is 33.3 Å². The normalized spacial score (nSPS) is 10.3. The van der Waals surface area contributed by atoms with Gasteiger partial charge in [0.25, 0.3) is 0 Å². The molecule has 0 amide bonds. The second-order valence-electron chi connectivity index (χ2n) is 8.50. The summed E-state index contributed by atoms with van der Waals surface area (Å²) in [6.07, 6.45) is 4.55. The van der Waals surface area contributed by atoms with Gasteiger partial charge in [0.1, 0.15) is 11.5 Å². The van der Waals surface area contributed by atoms with Crippen LogP contribution in [0.5, 0.6) is 11.5 Å². The van der Waals surface area contributed by atoms with Crippen LogP contribution < -0.4 is 9.47 Å². The molecule has 8 heteroatoms. The highest BCUT2D eigenvalue weighted by molar-refractivity contribution is 8.14. The zero-order valence-electron chi connectivity index (χ0n) is 22.2. The molecule has 3 aromatic rings. The molecule has 0 N–H and O–H groups in total. The van der Waals surface area contributed by atoms with E-state index < -0.39 is 5.97 Å². The highest BCUT2D eigenvalue weighted by Gasteiger charge is 2.09. The molecule has 0 unspecified atom stereocenters. The Morgan fingerprint density at radius 2 is 1.25 bits per heavy atom. The predicted octanol–water partition coefficient (Wildman–Crippen LogP) is 7.02. The Morgan fingerprint density at radius 3 is 1.85 bits per heavy atom. The van der Waals surface area contributed by atoms with Crippen molar-refractivity contribution in [1.29, 1.82) is 0 Å². The molecule has 40 heavy (non-hydrogen) atoms. The number of benzene rings is 3. The number of carbonyl (C=O) groups excluding carboxylic acids is 3. The molecule has 0 atom stereocenters. The summed E-state index contributed by atoms with van der Waals surface area (Å²) in [5.74, 6) is 0.684. The van der Waals surface area contributed by atoms with Crippen molar-refractivity contribution in [2.24, 2.45) is 0 Å². The van der Waals surface area contributed by atoms with Gasteiger partial charge < -0.3 is 18.9 Å². The highest BCUT2D eigenvalue weighted by atomic mass is 32.2. The fourth-order valence-electron chi connectivity index (χ4n) is 3.50. The summed E-state index contributed by atoms with van der Waals surface area (Å²) in [7, 11) is 0. The van der Waals surface area contributed by atoms with Gasteiger partial charge in [0.2, 0.25) is 5.12 Å². The molecule has 0 aliphatic rings. The molecule has 7 nitrogen and oxygen atoms in total. The summed E-state index contributed by atoms with van der Waals surface area (Å²) in [5.41, 5.74) is 2.60.